The van der Waals surface area contributed by atoms with Gasteiger partial charge in [-0.05, 0) is 36.2 Å². The average molecular weight is 351 g/mol. The number of hydrogen-bond donors (Lipinski definition) is 1. The lowest BCUT2D eigenvalue weighted by atomic mass is 10.1. The second kappa shape index (κ2) is 6.63. The number of methoxy groups -OCH3 is 1. The van der Waals surface area contributed by atoms with Gasteiger partial charge in [-0.2, -0.15) is 5.10 Å². The highest BCUT2D eigenvalue weighted by Gasteiger charge is 2.40. The molecule has 0 radical (unpaired) electrons. The summed E-state index contributed by atoms with van der Waals surface area (Å²) in [7, 11) is 1.51. The second-order valence-corrected chi connectivity index (χ2v) is 6.30. The third kappa shape index (κ3) is 3.18. The van der Waals surface area contributed by atoms with Crippen LogP contribution in [0.3, 0.4) is 0 Å². The third-order valence-electron chi connectivity index (χ3n) is 4.52. The number of benzene rings is 2. The average Bonchev–Trinajstić information content (AvgIpc) is 3.28. The second-order valence-electron chi connectivity index (χ2n) is 6.30. The first-order valence-corrected chi connectivity index (χ1v) is 8.41. The van der Waals surface area contributed by atoms with Crippen molar-refractivity contribution in [3.63, 3.8) is 0 Å². The van der Waals surface area contributed by atoms with Crippen molar-refractivity contribution in [2.45, 2.75) is 18.4 Å². The summed E-state index contributed by atoms with van der Waals surface area (Å²) < 4.78 is 20.3. The van der Waals surface area contributed by atoms with Gasteiger partial charge in [0, 0.05) is 12.0 Å². The van der Waals surface area contributed by atoms with Crippen molar-refractivity contribution < 1.29 is 13.9 Å². The van der Waals surface area contributed by atoms with E-state index in [1.165, 1.54) is 19.2 Å². The Morgan fingerprint density at radius 3 is 2.77 bits per heavy atom. The van der Waals surface area contributed by atoms with E-state index in [-0.39, 0.29) is 29.4 Å². The molecule has 2 atom stereocenters. The molecule has 2 aromatic carbocycles. The van der Waals surface area contributed by atoms with Crippen LogP contribution >= 0.6 is 0 Å². The van der Waals surface area contributed by atoms with Crippen LogP contribution < -0.4 is 10.1 Å². The maximum atomic E-state index is 13.4. The first-order chi connectivity index (χ1) is 12.7. The Hall–Kier alpha value is -3.15. The van der Waals surface area contributed by atoms with E-state index in [4.69, 9.17) is 4.74 Å². The molecule has 1 aliphatic carbocycles. The molecule has 1 fully saturated rings. The summed E-state index contributed by atoms with van der Waals surface area (Å²) in [6.45, 7) is 0. The first-order valence-electron chi connectivity index (χ1n) is 8.41. The van der Waals surface area contributed by atoms with Crippen LogP contribution in [0.2, 0.25) is 0 Å². The molecule has 1 heterocycles. The fraction of sp³-hybridized carbons (Fsp3) is 0.200. The minimum Gasteiger partial charge on any atom is -0.493 e. The summed E-state index contributed by atoms with van der Waals surface area (Å²) in [5.74, 6) is -0.00523. The van der Waals surface area contributed by atoms with Crippen LogP contribution in [0.4, 0.5) is 4.39 Å². The monoisotopic (exact) mass is 351 g/mol. The predicted octanol–water partition coefficient (Wildman–Crippen LogP) is 3.31. The fourth-order valence-corrected chi connectivity index (χ4v) is 3.07. The topological polar surface area (TPSA) is 56.2 Å². The number of ether oxygens (including phenoxy) is 1. The SMILES string of the molecule is COc1cn(-c2ccccc2)nc1C(=O)NC1CC1c1cccc(F)c1. The zero-order chi connectivity index (χ0) is 18.1. The maximum absolute atomic E-state index is 13.4. The van der Waals surface area contributed by atoms with Crippen LogP contribution in [-0.2, 0) is 0 Å². The number of carbonyl (C=O) groups is 1. The lowest BCUT2D eigenvalue weighted by Gasteiger charge is -2.04. The van der Waals surface area contributed by atoms with Gasteiger partial charge in [-0.15, -0.1) is 0 Å². The van der Waals surface area contributed by atoms with Crippen molar-refractivity contribution >= 4 is 5.91 Å². The van der Waals surface area contributed by atoms with Gasteiger partial charge in [0.25, 0.3) is 5.91 Å². The highest BCUT2D eigenvalue weighted by Crippen LogP contribution is 2.41. The Bertz CT molecular complexity index is 939. The highest BCUT2D eigenvalue weighted by atomic mass is 19.1. The molecular formula is C20H18FN3O2. The molecule has 0 bridgehead atoms. The molecule has 1 N–H and O–H groups in total. The van der Waals surface area contributed by atoms with Crippen LogP contribution in [0.5, 0.6) is 5.75 Å². The molecule has 0 spiro atoms. The molecule has 6 heteroatoms. The molecule has 0 saturated heterocycles. The van der Waals surface area contributed by atoms with Gasteiger partial charge in [0.1, 0.15) is 5.82 Å². The summed E-state index contributed by atoms with van der Waals surface area (Å²) in [5.41, 5.74) is 1.98. The van der Waals surface area contributed by atoms with Gasteiger partial charge < -0.3 is 10.1 Å². The van der Waals surface area contributed by atoms with Crippen molar-refractivity contribution in [3.05, 3.63) is 77.9 Å². The number of aromatic nitrogens is 2. The fourth-order valence-electron chi connectivity index (χ4n) is 3.07. The van der Waals surface area contributed by atoms with E-state index >= 15 is 0 Å². The van der Waals surface area contributed by atoms with E-state index in [0.29, 0.717) is 5.75 Å². The number of para-hydroxylation sites is 1. The van der Waals surface area contributed by atoms with E-state index in [0.717, 1.165) is 17.7 Å². The summed E-state index contributed by atoms with van der Waals surface area (Å²) in [4.78, 5) is 12.6. The van der Waals surface area contributed by atoms with Gasteiger partial charge >= 0.3 is 0 Å². The number of nitrogens with one attached hydrogen (secondary N) is 1. The molecule has 0 aliphatic heterocycles. The molecule has 5 nitrogen and oxygen atoms in total. The number of rotatable bonds is 5. The Morgan fingerprint density at radius 1 is 1.23 bits per heavy atom. The van der Waals surface area contributed by atoms with Gasteiger partial charge in [-0.1, -0.05) is 30.3 Å². The zero-order valence-electron chi connectivity index (χ0n) is 14.2. The van der Waals surface area contributed by atoms with E-state index in [1.807, 2.05) is 36.4 Å². The molecule has 1 amide bonds. The molecule has 2 unspecified atom stereocenters. The number of carbonyl (C=O) groups excluding carboxylic acids is 1. The molecule has 1 aromatic heterocycles. The Morgan fingerprint density at radius 2 is 2.04 bits per heavy atom. The van der Waals surface area contributed by atoms with Gasteiger partial charge in [-0.3, -0.25) is 4.79 Å². The summed E-state index contributed by atoms with van der Waals surface area (Å²) in [6, 6.07) is 16.0. The van der Waals surface area contributed by atoms with E-state index in [2.05, 4.69) is 10.4 Å². The van der Waals surface area contributed by atoms with Crippen LogP contribution in [0.1, 0.15) is 28.4 Å². The van der Waals surface area contributed by atoms with E-state index in [1.54, 1.807) is 16.9 Å². The molecule has 1 saturated carbocycles. The van der Waals surface area contributed by atoms with Gasteiger partial charge in [-0.25, -0.2) is 9.07 Å². The van der Waals surface area contributed by atoms with E-state index < -0.39 is 0 Å². The lowest BCUT2D eigenvalue weighted by Crippen LogP contribution is -2.27. The number of amides is 1. The van der Waals surface area contributed by atoms with Crippen molar-refractivity contribution in [1.29, 1.82) is 0 Å². The van der Waals surface area contributed by atoms with Crippen LogP contribution in [0, 0.1) is 5.82 Å². The smallest absolute Gasteiger partial charge is 0.275 e. The molecule has 4 rings (SSSR count). The number of halogens is 1. The predicted molar refractivity (Wildman–Crippen MR) is 95.1 cm³/mol. The zero-order valence-corrected chi connectivity index (χ0v) is 14.2. The highest BCUT2D eigenvalue weighted by molar-refractivity contribution is 5.95. The maximum Gasteiger partial charge on any atom is 0.275 e. The molecule has 3 aromatic rings. The normalized spacial score (nSPS) is 18.4. The van der Waals surface area contributed by atoms with Gasteiger partial charge in [0.2, 0.25) is 0 Å². The van der Waals surface area contributed by atoms with Crippen molar-refractivity contribution in [2.24, 2.45) is 0 Å². The first kappa shape index (κ1) is 16.3. The Balaban J connectivity index is 1.50. The minimum atomic E-state index is -0.291. The van der Waals surface area contributed by atoms with Gasteiger partial charge in [0.15, 0.2) is 11.4 Å². The van der Waals surface area contributed by atoms with Crippen LogP contribution in [-0.4, -0.2) is 28.8 Å². The van der Waals surface area contributed by atoms with Crippen molar-refractivity contribution in [2.75, 3.05) is 7.11 Å². The molecule has 1 aliphatic rings. The van der Waals surface area contributed by atoms with E-state index in [9.17, 15) is 9.18 Å². The molecular weight excluding hydrogens is 333 g/mol. The number of hydrogen-bond acceptors (Lipinski definition) is 3. The largest absolute Gasteiger partial charge is 0.493 e. The van der Waals surface area contributed by atoms with Crippen LogP contribution in [0.15, 0.2) is 60.8 Å². The number of nitrogens with zero attached hydrogens (tertiary/aromatic N) is 2. The third-order valence-corrected chi connectivity index (χ3v) is 4.52. The van der Waals surface area contributed by atoms with Crippen molar-refractivity contribution in [1.82, 2.24) is 15.1 Å². The molecule has 26 heavy (non-hydrogen) atoms. The van der Waals surface area contributed by atoms with Gasteiger partial charge in [0.05, 0.1) is 19.0 Å². The Labute approximate surface area is 150 Å². The minimum absolute atomic E-state index is 0.0177. The Kier molecular flexibility index (Phi) is 4.16. The summed E-state index contributed by atoms with van der Waals surface area (Å²) >= 11 is 0. The van der Waals surface area contributed by atoms with Crippen LogP contribution in [0.25, 0.3) is 5.69 Å². The summed E-state index contributed by atoms with van der Waals surface area (Å²) in [5, 5.41) is 7.32. The van der Waals surface area contributed by atoms with Crippen molar-refractivity contribution in [3.8, 4) is 11.4 Å². The lowest BCUT2D eigenvalue weighted by molar-refractivity contribution is 0.0942. The standard InChI is InChI=1S/C20H18FN3O2/c1-26-18-12-24(15-8-3-2-4-9-15)23-19(18)20(25)22-17-11-16(17)13-6-5-7-14(21)10-13/h2-10,12,16-17H,11H2,1H3,(H,22,25). The summed E-state index contributed by atoms with van der Waals surface area (Å²) in [6.07, 6.45) is 2.47. The molecule has 132 valence electrons. The quantitative estimate of drug-likeness (QED) is 0.767.